The molecule has 0 unspecified atom stereocenters. The van der Waals surface area contributed by atoms with Crippen LogP contribution in [0.5, 0.6) is 5.75 Å². The minimum absolute atomic E-state index is 0.0878. The molecular formula is C17H24N4O3. The summed E-state index contributed by atoms with van der Waals surface area (Å²) in [7, 11) is 1.55. The van der Waals surface area contributed by atoms with Crippen molar-refractivity contribution in [3.63, 3.8) is 0 Å². The lowest BCUT2D eigenvalue weighted by atomic mass is 9.96. The molecule has 0 saturated heterocycles. The highest BCUT2D eigenvalue weighted by molar-refractivity contribution is 5.91. The van der Waals surface area contributed by atoms with E-state index in [4.69, 9.17) is 15.0 Å². The van der Waals surface area contributed by atoms with E-state index in [-0.39, 0.29) is 11.3 Å². The largest absolute Gasteiger partial charge is 0.495 e. The van der Waals surface area contributed by atoms with Gasteiger partial charge >= 0.3 is 0 Å². The first-order valence-electron chi connectivity index (χ1n) is 7.86. The third-order valence-corrected chi connectivity index (χ3v) is 3.45. The Kier molecular flexibility index (Phi) is 5.43. The number of carbonyl (C=O) groups is 1. The van der Waals surface area contributed by atoms with Crippen molar-refractivity contribution < 1.29 is 14.1 Å². The zero-order valence-corrected chi connectivity index (χ0v) is 14.5. The van der Waals surface area contributed by atoms with E-state index in [0.717, 1.165) is 0 Å². The van der Waals surface area contributed by atoms with Gasteiger partial charge in [0.2, 0.25) is 11.8 Å². The number of nitrogen functional groups attached to an aromatic ring is 1. The molecule has 2 aromatic rings. The number of nitrogens with zero attached hydrogens (tertiary/aromatic N) is 2. The number of amides is 1. The van der Waals surface area contributed by atoms with Crippen LogP contribution in [0.25, 0.3) is 0 Å². The predicted molar refractivity (Wildman–Crippen MR) is 92.0 cm³/mol. The highest BCUT2D eigenvalue weighted by atomic mass is 16.5. The second kappa shape index (κ2) is 7.33. The Hall–Kier alpha value is -2.57. The number of anilines is 2. The van der Waals surface area contributed by atoms with Crippen molar-refractivity contribution in [2.45, 2.75) is 45.4 Å². The number of carbonyl (C=O) groups excluding carboxylic acids is 1. The normalized spacial score (nSPS) is 11.3. The summed E-state index contributed by atoms with van der Waals surface area (Å²) in [5.74, 6) is 1.73. The smallest absolute Gasteiger partial charge is 0.226 e. The summed E-state index contributed by atoms with van der Waals surface area (Å²) < 4.78 is 10.3. The monoisotopic (exact) mass is 332 g/mol. The van der Waals surface area contributed by atoms with E-state index in [9.17, 15) is 4.79 Å². The van der Waals surface area contributed by atoms with Crippen LogP contribution in [0.2, 0.25) is 0 Å². The fraction of sp³-hybridized carbons (Fsp3) is 0.471. The van der Waals surface area contributed by atoms with E-state index in [1.54, 1.807) is 25.3 Å². The van der Waals surface area contributed by atoms with Crippen molar-refractivity contribution >= 4 is 17.3 Å². The van der Waals surface area contributed by atoms with Gasteiger partial charge in [0.05, 0.1) is 12.8 Å². The van der Waals surface area contributed by atoms with E-state index < -0.39 is 0 Å². The van der Waals surface area contributed by atoms with Gasteiger partial charge in [0.15, 0.2) is 5.82 Å². The molecule has 130 valence electrons. The molecular weight excluding hydrogens is 308 g/mol. The van der Waals surface area contributed by atoms with Gasteiger partial charge in [0.25, 0.3) is 0 Å². The van der Waals surface area contributed by atoms with E-state index in [1.807, 2.05) is 20.8 Å². The number of methoxy groups -OCH3 is 1. The molecule has 1 amide bonds. The zero-order chi connectivity index (χ0) is 17.7. The Morgan fingerprint density at radius 1 is 1.38 bits per heavy atom. The number of nitrogens with one attached hydrogen (secondary N) is 1. The van der Waals surface area contributed by atoms with Crippen molar-refractivity contribution in [2.24, 2.45) is 0 Å². The van der Waals surface area contributed by atoms with Crippen molar-refractivity contribution in [3.8, 4) is 5.75 Å². The highest BCUT2D eigenvalue weighted by Crippen LogP contribution is 2.24. The molecule has 0 aliphatic carbocycles. The second-order valence-corrected chi connectivity index (χ2v) is 6.62. The number of rotatable bonds is 6. The third kappa shape index (κ3) is 4.71. The molecule has 0 fully saturated rings. The van der Waals surface area contributed by atoms with E-state index >= 15 is 0 Å². The maximum atomic E-state index is 12.0. The lowest BCUT2D eigenvalue weighted by Crippen LogP contribution is -2.13. The van der Waals surface area contributed by atoms with Crippen LogP contribution >= 0.6 is 0 Å². The Morgan fingerprint density at radius 2 is 2.12 bits per heavy atom. The van der Waals surface area contributed by atoms with Gasteiger partial charge in [0, 0.05) is 23.9 Å². The molecule has 1 aromatic carbocycles. The minimum Gasteiger partial charge on any atom is -0.495 e. The van der Waals surface area contributed by atoms with E-state index in [0.29, 0.717) is 48.1 Å². The Labute approximate surface area is 141 Å². The fourth-order valence-electron chi connectivity index (χ4n) is 2.10. The fourth-order valence-corrected chi connectivity index (χ4v) is 2.10. The van der Waals surface area contributed by atoms with Crippen molar-refractivity contribution in [1.82, 2.24) is 10.1 Å². The van der Waals surface area contributed by atoms with Gasteiger partial charge < -0.3 is 20.3 Å². The molecule has 7 nitrogen and oxygen atoms in total. The van der Waals surface area contributed by atoms with Crippen LogP contribution < -0.4 is 15.8 Å². The number of nitrogens with two attached hydrogens (primary N) is 1. The summed E-state index contributed by atoms with van der Waals surface area (Å²) in [6.45, 7) is 6.07. The average molecular weight is 332 g/mol. The van der Waals surface area contributed by atoms with Crippen molar-refractivity contribution in [2.75, 3.05) is 18.2 Å². The minimum atomic E-state index is -0.145. The number of hydrogen-bond acceptors (Lipinski definition) is 6. The van der Waals surface area contributed by atoms with Crippen LogP contribution in [0, 0.1) is 0 Å². The standard InChI is InChI=1S/C17H24N4O3/c1-17(2,3)16-20-15(24-21-16)7-5-6-14(22)19-11-8-9-13(23-4)12(18)10-11/h8-10H,5-7,18H2,1-4H3,(H,19,22). The summed E-state index contributed by atoms with van der Waals surface area (Å²) >= 11 is 0. The van der Waals surface area contributed by atoms with Gasteiger partial charge in [-0.2, -0.15) is 4.98 Å². The van der Waals surface area contributed by atoms with Gasteiger partial charge in [-0.3, -0.25) is 4.79 Å². The van der Waals surface area contributed by atoms with Crippen LogP contribution in [-0.4, -0.2) is 23.2 Å². The van der Waals surface area contributed by atoms with Gasteiger partial charge in [-0.05, 0) is 24.6 Å². The highest BCUT2D eigenvalue weighted by Gasteiger charge is 2.20. The van der Waals surface area contributed by atoms with Gasteiger partial charge in [-0.15, -0.1) is 0 Å². The van der Waals surface area contributed by atoms with Crippen molar-refractivity contribution in [1.29, 1.82) is 0 Å². The quantitative estimate of drug-likeness (QED) is 0.788. The summed E-state index contributed by atoms with van der Waals surface area (Å²) in [5, 5.41) is 6.78. The summed E-state index contributed by atoms with van der Waals surface area (Å²) in [5.41, 5.74) is 6.80. The first kappa shape index (κ1) is 17.8. The maximum absolute atomic E-state index is 12.0. The number of hydrogen-bond donors (Lipinski definition) is 2. The van der Waals surface area contributed by atoms with E-state index in [1.165, 1.54) is 0 Å². The molecule has 0 spiro atoms. The molecule has 7 heteroatoms. The topological polar surface area (TPSA) is 103 Å². The molecule has 24 heavy (non-hydrogen) atoms. The Morgan fingerprint density at radius 3 is 2.71 bits per heavy atom. The van der Waals surface area contributed by atoms with Crippen molar-refractivity contribution in [3.05, 3.63) is 29.9 Å². The first-order chi connectivity index (χ1) is 11.3. The molecule has 0 aliphatic heterocycles. The lowest BCUT2D eigenvalue weighted by molar-refractivity contribution is -0.116. The van der Waals surface area contributed by atoms with Gasteiger partial charge in [0.1, 0.15) is 5.75 Å². The summed E-state index contributed by atoms with van der Waals surface area (Å²) in [4.78, 5) is 16.3. The van der Waals surface area contributed by atoms with Crippen LogP contribution in [-0.2, 0) is 16.6 Å². The molecule has 1 aromatic heterocycles. The molecule has 1 heterocycles. The van der Waals surface area contributed by atoms with Gasteiger partial charge in [-0.1, -0.05) is 25.9 Å². The number of benzene rings is 1. The second-order valence-electron chi connectivity index (χ2n) is 6.62. The summed E-state index contributed by atoms with van der Waals surface area (Å²) in [6.07, 6.45) is 1.56. The number of aryl methyl sites for hydroxylation is 1. The molecule has 0 bridgehead atoms. The van der Waals surface area contributed by atoms with E-state index in [2.05, 4.69) is 15.5 Å². The molecule has 2 rings (SSSR count). The predicted octanol–water partition coefficient (Wildman–Crippen LogP) is 2.92. The zero-order valence-electron chi connectivity index (χ0n) is 14.5. The SMILES string of the molecule is COc1ccc(NC(=O)CCCc2nc(C(C)(C)C)no2)cc1N. The summed E-state index contributed by atoms with van der Waals surface area (Å²) in [6, 6.07) is 5.14. The van der Waals surface area contributed by atoms with Crippen LogP contribution in [0.3, 0.4) is 0 Å². The maximum Gasteiger partial charge on any atom is 0.226 e. The lowest BCUT2D eigenvalue weighted by Gasteiger charge is -2.10. The molecule has 0 atom stereocenters. The molecule has 0 aliphatic rings. The molecule has 0 saturated carbocycles. The average Bonchev–Trinajstić information content (AvgIpc) is 2.96. The third-order valence-electron chi connectivity index (χ3n) is 3.45. The Balaban J connectivity index is 1.81. The number of aromatic nitrogens is 2. The van der Waals surface area contributed by atoms with Crippen LogP contribution in [0.1, 0.15) is 45.3 Å². The Bertz CT molecular complexity index is 704. The van der Waals surface area contributed by atoms with Crippen LogP contribution in [0.4, 0.5) is 11.4 Å². The number of ether oxygens (including phenoxy) is 1. The van der Waals surface area contributed by atoms with Gasteiger partial charge in [-0.25, -0.2) is 0 Å². The molecule has 0 radical (unpaired) electrons. The molecule has 3 N–H and O–H groups in total. The first-order valence-corrected chi connectivity index (χ1v) is 7.86. The van der Waals surface area contributed by atoms with Crippen LogP contribution in [0.15, 0.2) is 22.7 Å².